The zero-order chi connectivity index (χ0) is 15.2. The SMILES string of the molecule is CCN(C(C)=O)c1nc(CNC2CCCCNC2=O)cs1. The zero-order valence-electron chi connectivity index (χ0n) is 12.5. The Kier molecular flexibility index (Phi) is 5.69. The first-order valence-corrected chi connectivity index (χ1v) is 8.23. The van der Waals surface area contributed by atoms with Gasteiger partial charge in [0.05, 0.1) is 11.7 Å². The summed E-state index contributed by atoms with van der Waals surface area (Å²) in [5.74, 6) is 0.0661. The predicted octanol–water partition coefficient (Wildman–Crippen LogP) is 1.27. The first-order valence-electron chi connectivity index (χ1n) is 7.35. The number of amides is 2. The number of carbonyl (C=O) groups excluding carboxylic acids is 2. The lowest BCUT2D eigenvalue weighted by atomic mass is 10.1. The van der Waals surface area contributed by atoms with Crippen LogP contribution in [0.4, 0.5) is 5.13 Å². The van der Waals surface area contributed by atoms with Crippen molar-refractivity contribution in [2.75, 3.05) is 18.0 Å². The second-order valence-corrected chi connectivity index (χ2v) is 5.94. The average Bonchev–Trinajstić information content (AvgIpc) is 2.80. The second kappa shape index (κ2) is 7.51. The Morgan fingerprint density at radius 2 is 2.38 bits per heavy atom. The largest absolute Gasteiger partial charge is 0.355 e. The van der Waals surface area contributed by atoms with Crippen molar-refractivity contribution in [3.8, 4) is 0 Å². The third-order valence-electron chi connectivity index (χ3n) is 3.53. The van der Waals surface area contributed by atoms with Gasteiger partial charge in [-0.1, -0.05) is 0 Å². The lowest BCUT2D eigenvalue weighted by Crippen LogP contribution is -2.42. The molecule has 1 fully saturated rings. The summed E-state index contributed by atoms with van der Waals surface area (Å²) in [6.45, 7) is 5.39. The molecular weight excluding hydrogens is 288 g/mol. The van der Waals surface area contributed by atoms with Crippen LogP contribution >= 0.6 is 11.3 Å². The molecule has 0 aromatic carbocycles. The summed E-state index contributed by atoms with van der Waals surface area (Å²) in [7, 11) is 0. The highest BCUT2D eigenvalue weighted by molar-refractivity contribution is 7.14. The minimum absolute atomic E-state index is 0.00509. The molecule has 1 saturated heterocycles. The molecule has 1 aromatic rings. The summed E-state index contributed by atoms with van der Waals surface area (Å²) >= 11 is 1.46. The fraction of sp³-hybridized carbons (Fsp3) is 0.643. The number of thiazole rings is 1. The van der Waals surface area contributed by atoms with Crippen LogP contribution in [0, 0.1) is 0 Å². The quantitative estimate of drug-likeness (QED) is 0.859. The smallest absolute Gasteiger partial charge is 0.237 e. The Morgan fingerprint density at radius 3 is 3.10 bits per heavy atom. The third-order valence-corrected chi connectivity index (χ3v) is 4.44. The van der Waals surface area contributed by atoms with Crippen LogP contribution in [0.3, 0.4) is 0 Å². The van der Waals surface area contributed by atoms with E-state index in [1.54, 1.807) is 11.8 Å². The third kappa shape index (κ3) is 4.25. The Hall–Kier alpha value is -1.47. The van der Waals surface area contributed by atoms with E-state index in [4.69, 9.17) is 0 Å². The summed E-state index contributed by atoms with van der Waals surface area (Å²) in [6, 6.07) is -0.146. The molecule has 2 N–H and O–H groups in total. The van der Waals surface area contributed by atoms with Crippen LogP contribution in [0.15, 0.2) is 5.38 Å². The molecule has 0 spiro atoms. The molecule has 0 radical (unpaired) electrons. The Labute approximate surface area is 128 Å². The lowest BCUT2D eigenvalue weighted by Gasteiger charge is -2.15. The topological polar surface area (TPSA) is 74.3 Å². The summed E-state index contributed by atoms with van der Waals surface area (Å²) in [5, 5.41) is 8.81. The standard InChI is InChI=1S/C14H22N4O2S/c1-3-18(10(2)19)14-17-11(9-21-14)8-16-12-6-4-5-7-15-13(12)20/h9,12,16H,3-8H2,1-2H3,(H,15,20). The number of rotatable bonds is 5. The molecule has 1 aliphatic rings. The van der Waals surface area contributed by atoms with E-state index in [1.165, 1.54) is 11.3 Å². The van der Waals surface area contributed by atoms with Gasteiger partial charge in [0.2, 0.25) is 11.8 Å². The molecule has 1 unspecified atom stereocenters. The van der Waals surface area contributed by atoms with Crippen LogP contribution in [0.5, 0.6) is 0 Å². The van der Waals surface area contributed by atoms with Crippen LogP contribution in [-0.2, 0) is 16.1 Å². The van der Waals surface area contributed by atoms with Gasteiger partial charge in [-0.15, -0.1) is 11.3 Å². The van der Waals surface area contributed by atoms with Crippen molar-refractivity contribution in [3.63, 3.8) is 0 Å². The fourth-order valence-corrected chi connectivity index (χ4v) is 3.29. The summed E-state index contributed by atoms with van der Waals surface area (Å²) in [5.41, 5.74) is 0.867. The van der Waals surface area contributed by atoms with Gasteiger partial charge in [-0.2, -0.15) is 0 Å². The molecule has 2 amide bonds. The number of hydrogen-bond donors (Lipinski definition) is 2. The molecule has 0 bridgehead atoms. The molecular formula is C14H22N4O2S. The fourth-order valence-electron chi connectivity index (χ4n) is 2.36. The molecule has 116 valence electrons. The monoisotopic (exact) mass is 310 g/mol. The van der Waals surface area contributed by atoms with Gasteiger partial charge in [0.1, 0.15) is 0 Å². The van der Waals surface area contributed by atoms with Gasteiger partial charge in [0.25, 0.3) is 0 Å². The van der Waals surface area contributed by atoms with Crippen molar-refractivity contribution in [1.82, 2.24) is 15.6 Å². The first kappa shape index (κ1) is 15.9. The average molecular weight is 310 g/mol. The van der Waals surface area contributed by atoms with E-state index in [1.807, 2.05) is 12.3 Å². The van der Waals surface area contributed by atoms with Crippen molar-refractivity contribution < 1.29 is 9.59 Å². The van der Waals surface area contributed by atoms with Crippen molar-refractivity contribution in [1.29, 1.82) is 0 Å². The molecule has 21 heavy (non-hydrogen) atoms. The lowest BCUT2D eigenvalue weighted by molar-refractivity contribution is -0.123. The van der Waals surface area contributed by atoms with Gasteiger partial charge in [0, 0.05) is 31.9 Å². The predicted molar refractivity (Wildman–Crippen MR) is 83.3 cm³/mol. The second-order valence-electron chi connectivity index (χ2n) is 5.10. The van der Waals surface area contributed by atoms with Crippen LogP contribution in [0.25, 0.3) is 0 Å². The molecule has 6 nitrogen and oxygen atoms in total. The Morgan fingerprint density at radius 1 is 1.57 bits per heavy atom. The van der Waals surface area contributed by atoms with Crippen molar-refractivity contribution in [3.05, 3.63) is 11.1 Å². The van der Waals surface area contributed by atoms with Crippen LogP contribution in [0.2, 0.25) is 0 Å². The highest BCUT2D eigenvalue weighted by Gasteiger charge is 2.20. The Bertz CT molecular complexity index is 503. The number of nitrogens with zero attached hydrogens (tertiary/aromatic N) is 2. The molecule has 0 saturated carbocycles. The van der Waals surface area contributed by atoms with Crippen molar-refractivity contribution in [2.45, 2.75) is 45.7 Å². The van der Waals surface area contributed by atoms with Crippen LogP contribution < -0.4 is 15.5 Å². The Balaban J connectivity index is 1.93. The number of carbonyl (C=O) groups is 2. The highest BCUT2D eigenvalue weighted by atomic mass is 32.1. The van der Waals surface area contributed by atoms with Crippen molar-refractivity contribution >= 4 is 28.3 Å². The van der Waals surface area contributed by atoms with Gasteiger partial charge in [-0.3, -0.25) is 14.5 Å². The first-order chi connectivity index (χ1) is 10.1. The zero-order valence-corrected chi connectivity index (χ0v) is 13.3. The van der Waals surface area contributed by atoms with E-state index in [2.05, 4.69) is 15.6 Å². The van der Waals surface area contributed by atoms with Crippen LogP contribution in [0.1, 0.15) is 38.8 Å². The molecule has 1 atom stereocenters. The molecule has 1 aromatic heterocycles. The van der Waals surface area contributed by atoms with Gasteiger partial charge < -0.3 is 10.6 Å². The molecule has 2 heterocycles. The van der Waals surface area contributed by atoms with Crippen LogP contribution in [-0.4, -0.2) is 35.9 Å². The molecule has 0 aliphatic carbocycles. The van der Waals surface area contributed by atoms with Crippen molar-refractivity contribution in [2.24, 2.45) is 0 Å². The highest BCUT2D eigenvalue weighted by Crippen LogP contribution is 2.20. The molecule has 2 rings (SSSR count). The van der Waals surface area contributed by atoms with Gasteiger partial charge in [-0.25, -0.2) is 4.98 Å². The maximum absolute atomic E-state index is 11.8. The van der Waals surface area contributed by atoms with Gasteiger partial charge in [0.15, 0.2) is 5.13 Å². The molecule has 7 heteroatoms. The van der Waals surface area contributed by atoms with E-state index < -0.39 is 0 Å². The number of aromatic nitrogens is 1. The number of anilines is 1. The van der Waals surface area contributed by atoms with Gasteiger partial charge >= 0.3 is 0 Å². The molecule has 1 aliphatic heterocycles. The minimum atomic E-state index is -0.146. The van der Waals surface area contributed by atoms with Gasteiger partial charge in [-0.05, 0) is 26.2 Å². The maximum Gasteiger partial charge on any atom is 0.237 e. The van der Waals surface area contributed by atoms with E-state index in [-0.39, 0.29) is 17.9 Å². The normalized spacial score (nSPS) is 19.0. The summed E-state index contributed by atoms with van der Waals surface area (Å²) in [4.78, 5) is 29.4. The number of nitrogens with one attached hydrogen (secondary N) is 2. The van der Waals surface area contributed by atoms with E-state index >= 15 is 0 Å². The minimum Gasteiger partial charge on any atom is -0.355 e. The van der Waals surface area contributed by atoms with E-state index in [0.29, 0.717) is 18.2 Å². The van der Waals surface area contributed by atoms with E-state index in [0.717, 1.165) is 31.5 Å². The van der Waals surface area contributed by atoms with E-state index in [9.17, 15) is 9.59 Å². The number of hydrogen-bond acceptors (Lipinski definition) is 5. The summed E-state index contributed by atoms with van der Waals surface area (Å²) < 4.78 is 0. The summed E-state index contributed by atoms with van der Waals surface area (Å²) in [6.07, 6.45) is 2.94. The maximum atomic E-state index is 11.8.